The van der Waals surface area contributed by atoms with Gasteiger partial charge in [-0.2, -0.15) is 0 Å². The number of ketones is 1. The first-order valence-electron chi connectivity index (χ1n) is 7.87. The number of rotatable bonds is 5. The minimum atomic E-state index is 0.510. The number of piperidine rings is 2. The van der Waals surface area contributed by atoms with Crippen molar-refractivity contribution >= 4 is 5.78 Å². The smallest absolute Gasteiger partial charge is 0.136 e. The second-order valence-electron chi connectivity index (χ2n) is 6.81. The van der Waals surface area contributed by atoms with Gasteiger partial charge in [-0.3, -0.25) is 9.69 Å². The molecule has 0 aromatic carbocycles. The van der Waals surface area contributed by atoms with Crippen LogP contribution in [0.4, 0.5) is 0 Å². The molecule has 18 heavy (non-hydrogen) atoms. The highest BCUT2D eigenvalue weighted by Gasteiger charge is 2.39. The van der Waals surface area contributed by atoms with Crippen molar-refractivity contribution in [1.29, 1.82) is 0 Å². The Kier molecular flexibility index (Phi) is 4.83. The van der Waals surface area contributed by atoms with Crippen molar-refractivity contribution in [2.75, 3.05) is 0 Å². The predicted molar refractivity (Wildman–Crippen MR) is 75.7 cm³/mol. The molecule has 104 valence electrons. The molecule has 0 N–H and O–H groups in total. The van der Waals surface area contributed by atoms with Crippen molar-refractivity contribution < 1.29 is 4.79 Å². The Hall–Kier alpha value is -0.370. The minimum absolute atomic E-state index is 0.510. The van der Waals surface area contributed by atoms with E-state index in [1.807, 2.05) is 0 Å². The van der Waals surface area contributed by atoms with Gasteiger partial charge in [-0.25, -0.2) is 0 Å². The van der Waals surface area contributed by atoms with E-state index in [-0.39, 0.29) is 0 Å². The first-order valence-corrected chi connectivity index (χ1v) is 7.87. The van der Waals surface area contributed by atoms with E-state index in [0.717, 1.165) is 18.8 Å². The zero-order valence-electron chi connectivity index (χ0n) is 12.3. The molecule has 2 aliphatic rings. The van der Waals surface area contributed by atoms with Crippen LogP contribution in [-0.2, 0) is 4.79 Å². The lowest BCUT2D eigenvalue weighted by Crippen LogP contribution is -2.55. The molecule has 2 fully saturated rings. The Morgan fingerprint density at radius 2 is 1.72 bits per heavy atom. The third-order valence-electron chi connectivity index (χ3n) is 4.76. The fourth-order valence-corrected chi connectivity index (χ4v) is 3.90. The van der Waals surface area contributed by atoms with Crippen LogP contribution in [0.2, 0.25) is 0 Å². The molecule has 2 bridgehead atoms. The number of carbonyl (C=O) groups is 1. The van der Waals surface area contributed by atoms with E-state index in [9.17, 15) is 4.79 Å². The molecule has 2 heterocycles. The molecule has 2 rings (SSSR count). The fraction of sp³-hybridized carbons (Fsp3) is 0.938. The maximum atomic E-state index is 11.7. The first kappa shape index (κ1) is 14.0. The Labute approximate surface area is 112 Å². The second-order valence-corrected chi connectivity index (χ2v) is 6.81. The second kappa shape index (κ2) is 6.18. The number of hydrogen-bond acceptors (Lipinski definition) is 2. The summed E-state index contributed by atoms with van der Waals surface area (Å²) in [6.07, 6.45) is 9.45. The van der Waals surface area contributed by atoms with Crippen molar-refractivity contribution in [3.8, 4) is 0 Å². The highest BCUT2D eigenvalue weighted by molar-refractivity contribution is 5.80. The standard InChI is InChI=1S/C16H29NO/c1-12(2)6-4-7-13(3)17-14-8-5-9-15(17)11-16(18)10-14/h12-15H,4-11H2,1-3H3. The van der Waals surface area contributed by atoms with Gasteiger partial charge < -0.3 is 0 Å². The molecule has 0 aromatic rings. The van der Waals surface area contributed by atoms with Gasteiger partial charge in [0, 0.05) is 31.0 Å². The Morgan fingerprint density at radius 1 is 1.11 bits per heavy atom. The number of Topliss-reactive ketones (excluding diaryl/α,β-unsaturated/α-hetero) is 1. The normalized spacial score (nSPS) is 30.8. The minimum Gasteiger partial charge on any atom is -0.300 e. The quantitative estimate of drug-likeness (QED) is 0.741. The molecule has 0 radical (unpaired) electrons. The van der Waals surface area contributed by atoms with Crippen LogP contribution in [0.25, 0.3) is 0 Å². The average Bonchev–Trinajstić information content (AvgIpc) is 2.26. The molecular weight excluding hydrogens is 222 g/mol. The number of hydrogen-bond donors (Lipinski definition) is 0. The predicted octanol–water partition coefficient (Wildman–Crippen LogP) is 3.79. The Balaban J connectivity index is 1.88. The molecule has 0 aromatic heterocycles. The van der Waals surface area contributed by atoms with Gasteiger partial charge in [0.1, 0.15) is 5.78 Å². The lowest BCUT2D eigenvalue weighted by Gasteiger charge is -2.48. The van der Waals surface area contributed by atoms with Gasteiger partial charge >= 0.3 is 0 Å². The Morgan fingerprint density at radius 3 is 2.28 bits per heavy atom. The van der Waals surface area contributed by atoms with Gasteiger partial charge in [0.15, 0.2) is 0 Å². The first-order chi connectivity index (χ1) is 8.58. The van der Waals surface area contributed by atoms with Crippen LogP contribution in [0.1, 0.15) is 72.1 Å². The summed E-state index contributed by atoms with van der Waals surface area (Å²) in [6, 6.07) is 1.81. The number of carbonyl (C=O) groups excluding carboxylic acids is 1. The molecule has 3 unspecified atom stereocenters. The molecule has 2 saturated heterocycles. The van der Waals surface area contributed by atoms with Crippen molar-refractivity contribution in [2.45, 2.75) is 90.3 Å². The molecule has 0 aliphatic carbocycles. The fourth-order valence-electron chi connectivity index (χ4n) is 3.90. The number of nitrogens with zero attached hydrogens (tertiary/aromatic N) is 1. The summed E-state index contributed by atoms with van der Waals surface area (Å²) in [5.41, 5.74) is 0. The van der Waals surface area contributed by atoms with Crippen molar-refractivity contribution in [1.82, 2.24) is 4.90 Å². The van der Waals surface area contributed by atoms with Gasteiger partial charge in [-0.1, -0.05) is 33.1 Å². The van der Waals surface area contributed by atoms with Crippen LogP contribution in [0, 0.1) is 5.92 Å². The third-order valence-corrected chi connectivity index (χ3v) is 4.76. The highest BCUT2D eigenvalue weighted by atomic mass is 16.1. The summed E-state index contributed by atoms with van der Waals surface area (Å²) in [7, 11) is 0. The third kappa shape index (κ3) is 3.34. The summed E-state index contributed by atoms with van der Waals surface area (Å²) in [6.45, 7) is 6.99. The van der Waals surface area contributed by atoms with E-state index in [0.29, 0.717) is 23.9 Å². The maximum Gasteiger partial charge on any atom is 0.136 e. The zero-order chi connectivity index (χ0) is 13.1. The average molecular weight is 251 g/mol. The van der Waals surface area contributed by atoms with Crippen LogP contribution in [-0.4, -0.2) is 28.8 Å². The largest absolute Gasteiger partial charge is 0.300 e. The highest BCUT2D eigenvalue weighted by Crippen LogP contribution is 2.35. The van der Waals surface area contributed by atoms with Gasteiger partial charge in [0.05, 0.1) is 0 Å². The van der Waals surface area contributed by atoms with Gasteiger partial charge in [0.2, 0.25) is 0 Å². The SMILES string of the molecule is CC(C)CCCC(C)N1C2CCCC1CC(=O)C2. The van der Waals surface area contributed by atoms with Gasteiger partial charge in [-0.05, 0) is 32.1 Å². The van der Waals surface area contributed by atoms with Crippen LogP contribution < -0.4 is 0 Å². The summed E-state index contributed by atoms with van der Waals surface area (Å²) >= 11 is 0. The molecule has 2 heteroatoms. The van der Waals surface area contributed by atoms with Gasteiger partial charge in [0.25, 0.3) is 0 Å². The summed E-state index contributed by atoms with van der Waals surface area (Å²) in [4.78, 5) is 14.4. The lowest BCUT2D eigenvalue weighted by molar-refractivity contribution is -0.128. The van der Waals surface area contributed by atoms with Crippen molar-refractivity contribution in [3.63, 3.8) is 0 Å². The van der Waals surface area contributed by atoms with Crippen LogP contribution in [0.3, 0.4) is 0 Å². The Bertz CT molecular complexity index is 271. The zero-order valence-corrected chi connectivity index (χ0v) is 12.3. The van der Waals surface area contributed by atoms with E-state index in [1.165, 1.54) is 38.5 Å². The molecule has 0 spiro atoms. The van der Waals surface area contributed by atoms with Gasteiger partial charge in [-0.15, -0.1) is 0 Å². The van der Waals surface area contributed by atoms with E-state index in [4.69, 9.17) is 0 Å². The topological polar surface area (TPSA) is 20.3 Å². The molecule has 0 saturated carbocycles. The van der Waals surface area contributed by atoms with Crippen LogP contribution in [0.15, 0.2) is 0 Å². The lowest BCUT2D eigenvalue weighted by atomic mass is 9.82. The van der Waals surface area contributed by atoms with Crippen molar-refractivity contribution in [2.24, 2.45) is 5.92 Å². The van der Waals surface area contributed by atoms with Crippen molar-refractivity contribution in [3.05, 3.63) is 0 Å². The molecule has 2 aliphatic heterocycles. The summed E-state index contributed by atoms with van der Waals surface area (Å²) in [5.74, 6) is 1.33. The van der Waals surface area contributed by atoms with Crippen LogP contribution in [0.5, 0.6) is 0 Å². The van der Waals surface area contributed by atoms with E-state index in [1.54, 1.807) is 0 Å². The van der Waals surface area contributed by atoms with E-state index < -0.39 is 0 Å². The summed E-state index contributed by atoms with van der Waals surface area (Å²) in [5, 5.41) is 0. The molecule has 0 amide bonds. The van der Waals surface area contributed by atoms with E-state index >= 15 is 0 Å². The molecule has 2 nitrogen and oxygen atoms in total. The van der Waals surface area contributed by atoms with Crippen LogP contribution >= 0.6 is 0 Å². The number of fused-ring (bicyclic) bond motifs is 2. The maximum absolute atomic E-state index is 11.7. The molecule has 3 atom stereocenters. The summed E-state index contributed by atoms with van der Waals surface area (Å²) < 4.78 is 0. The van der Waals surface area contributed by atoms with E-state index in [2.05, 4.69) is 25.7 Å². The molecular formula is C16H29NO. The monoisotopic (exact) mass is 251 g/mol.